The highest BCUT2D eigenvalue weighted by molar-refractivity contribution is 7.89. The molecule has 0 saturated carbocycles. The number of amides is 2. The Labute approximate surface area is 181 Å². The van der Waals surface area contributed by atoms with E-state index in [4.69, 9.17) is 9.88 Å². The Morgan fingerprint density at radius 3 is 2.23 bits per heavy atom. The lowest BCUT2D eigenvalue weighted by atomic mass is 10.1. The van der Waals surface area contributed by atoms with Gasteiger partial charge in [-0.3, -0.25) is 9.59 Å². The summed E-state index contributed by atoms with van der Waals surface area (Å²) in [5.74, 6) is -1.87. The maximum absolute atomic E-state index is 12.3. The number of benzene rings is 2. The van der Waals surface area contributed by atoms with Gasteiger partial charge in [-0.25, -0.2) is 18.4 Å². The fraction of sp³-hybridized carbons (Fsp3) is 0.286. The van der Waals surface area contributed by atoms with E-state index in [2.05, 4.69) is 5.32 Å². The minimum atomic E-state index is -4.01. The number of carbonyl (C=O) groups excluding carboxylic acids is 3. The molecule has 2 rings (SSSR count). The average molecular weight is 448 g/mol. The Morgan fingerprint density at radius 1 is 1.03 bits per heavy atom. The molecule has 2 amide bonds. The van der Waals surface area contributed by atoms with E-state index in [9.17, 15) is 22.8 Å². The molecule has 0 saturated heterocycles. The Morgan fingerprint density at radius 2 is 1.65 bits per heavy atom. The highest BCUT2D eigenvalue weighted by Gasteiger charge is 2.19. The van der Waals surface area contributed by atoms with Gasteiger partial charge >= 0.3 is 5.97 Å². The normalized spacial score (nSPS) is 11.0. The third kappa shape index (κ3) is 6.37. The maximum atomic E-state index is 12.3. The summed E-state index contributed by atoms with van der Waals surface area (Å²) in [6.45, 7) is 4.43. The molecule has 9 nitrogen and oxygen atoms in total. The van der Waals surface area contributed by atoms with E-state index in [1.54, 1.807) is 0 Å². The van der Waals surface area contributed by atoms with Crippen molar-refractivity contribution in [1.82, 2.24) is 4.90 Å². The Kier molecular flexibility index (Phi) is 7.53. The van der Waals surface area contributed by atoms with Crippen molar-refractivity contribution in [3.63, 3.8) is 0 Å². The van der Waals surface area contributed by atoms with Crippen LogP contribution in [0.3, 0.4) is 0 Å². The summed E-state index contributed by atoms with van der Waals surface area (Å²) in [7, 11) is -2.60. The second-order valence-corrected chi connectivity index (χ2v) is 8.70. The van der Waals surface area contributed by atoms with Gasteiger partial charge in [0.15, 0.2) is 6.61 Å². The lowest BCUT2D eigenvalue weighted by Gasteiger charge is -2.18. The molecular weight excluding hydrogens is 422 g/mol. The fourth-order valence-electron chi connectivity index (χ4n) is 2.85. The number of nitrogens with two attached hydrogens (primary N) is 1. The van der Waals surface area contributed by atoms with Gasteiger partial charge in [0.25, 0.3) is 5.91 Å². The predicted octanol–water partition coefficient (Wildman–Crippen LogP) is 1.51. The van der Waals surface area contributed by atoms with Crippen molar-refractivity contribution in [3.05, 3.63) is 58.7 Å². The number of anilines is 1. The number of sulfonamides is 1. The third-order valence-electron chi connectivity index (χ3n) is 4.61. The van der Waals surface area contributed by atoms with Crippen molar-refractivity contribution in [2.24, 2.45) is 5.14 Å². The molecule has 10 heteroatoms. The second kappa shape index (κ2) is 9.71. The minimum Gasteiger partial charge on any atom is -0.452 e. The molecule has 0 aliphatic rings. The Bertz CT molecular complexity index is 1110. The third-order valence-corrected chi connectivity index (χ3v) is 5.66. The summed E-state index contributed by atoms with van der Waals surface area (Å²) in [6, 6.07) is 9.50. The second-order valence-electron chi connectivity index (χ2n) is 7.17. The number of likely N-dealkylation sites (N-methyl/N-ethyl adjacent to an activating group) is 1. The van der Waals surface area contributed by atoms with Crippen LogP contribution in [0.4, 0.5) is 5.69 Å². The number of nitrogens with one attached hydrogen (secondary N) is 1. The van der Waals surface area contributed by atoms with Crippen molar-refractivity contribution < 1.29 is 27.5 Å². The monoisotopic (exact) mass is 447 g/mol. The van der Waals surface area contributed by atoms with Gasteiger partial charge in [0.2, 0.25) is 15.9 Å². The van der Waals surface area contributed by atoms with Crippen LogP contribution in [0.5, 0.6) is 0 Å². The van der Waals surface area contributed by atoms with E-state index in [0.717, 1.165) is 22.1 Å². The van der Waals surface area contributed by atoms with Crippen LogP contribution in [0.1, 0.15) is 27.0 Å². The molecule has 0 unspecified atom stereocenters. The van der Waals surface area contributed by atoms with Crippen molar-refractivity contribution in [2.75, 3.05) is 25.5 Å². The van der Waals surface area contributed by atoms with E-state index >= 15 is 0 Å². The van der Waals surface area contributed by atoms with Crippen molar-refractivity contribution in [3.8, 4) is 0 Å². The Balaban J connectivity index is 1.95. The average Bonchev–Trinajstić information content (AvgIpc) is 2.68. The van der Waals surface area contributed by atoms with E-state index in [1.165, 1.54) is 26.1 Å². The summed E-state index contributed by atoms with van der Waals surface area (Å²) < 4.78 is 28.1. The van der Waals surface area contributed by atoms with Crippen LogP contribution in [-0.4, -0.2) is 51.3 Å². The summed E-state index contributed by atoms with van der Waals surface area (Å²) in [4.78, 5) is 37.6. The van der Waals surface area contributed by atoms with Crippen molar-refractivity contribution >= 4 is 33.5 Å². The number of carbonyl (C=O) groups is 3. The number of hydrogen-bond donors (Lipinski definition) is 2. The van der Waals surface area contributed by atoms with Crippen LogP contribution in [0.2, 0.25) is 0 Å². The molecule has 166 valence electrons. The molecule has 0 fully saturated rings. The van der Waals surface area contributed by atoms with Crippen LogP contribution in [-0.2, 0) is 24.3 Å². The molecule has 0 radical (unpaired) electrons. The summed E-state index contributed by atoms with van der Waals surface area (Å²) in [5.41, 5.74) is 2.80. The van der Waals surface area contributed by atoms with Gasteiger partial charge in [0.1, 0.15) is 0 Å². The van der Waals surface area contributed by atoms with Crippen molar-refractivity contribution in [2.45, 2.75) is 25.7 Å². The van der Waals surface area contributed by atoms with Gasteiger partial charge in [-0.1, -0.05) is 24.3 Å². The van der Waals surface area contributed by atoms with E-state index in [0.29, 0.717) is 11.3 Å². The molecule has 0 heterocycles. The summed E-state index contributed by atoms with van der Waals surface area (Å²) >= 11 is 0. The van der Waals surface area contributed by atoms with Gasteiger partial charge in [0, 0.05) is 12.7 Å². The molecule has 2 aromatic carbocycles. The first-order chi connectivity index (χ1) is 14.4. The smallest absolute Gasteiger partial charge is 0.338 e. The Hall–Kier alpha value is -3.24. The van der Waals surface area contributed by atoms with Crippen LogP contribution >= 0.6 is 0 Å². The van der Waals surface area contributed by atoms with E-state index < -0.39 is 34.4 Å². The maximum Gasteiger partial charge on any atom is 0.338 e. The molecule has 0 aromatic heterocycles. The number of primary sulfonamides is 1. The molecule has 3 N–H and O–H groups in total. The van der Waals surface area contributed by atoms with Crippen molar-refractivity contribution in [1.29, 1.82) is 0 Å². The highest BCUT2D eigenvalue weighted by atomic mass is 32.2. The molecule has 0 spiro atoms. The number of aryl methyl sites for hydroxylation is 3. The topological polar surface area (TPSA) is 136 Å². The first-order valence-electron chi connectivity index (χ1n) is 9.30. The van der Waals surface area contributed by atoms with Crippen LogP contribution < -0.4 is 10.5 Å². The number of para-hydroxylation sites is 1. The zero-order valence-electron chi connectivity index (χ0n) is 17.8. The lowest BCUT2D eigenvalue weighted by Crippen LogP contribution is -2.37. The van der Waals surface area contributed by atoms with Gasteiger partial charge in [-0.2, -0.15) is 0 Å². The molecular formula is C21H25N3O6S. The standard InChI is InChI=1S/C21H25N3O6S/c1-13-8-9-16(10-17(13)31(22,28)29)21(27)30-12-19(26)24(4)11-18(25)23-20-14(2)6-5-7-15(20)3/h5-10H,11-12H2,1-4H3,(H,23,25)(H2,22,28,29). The molecule has 31 heavy (non-hydrogen) atoms. The first kappa shape index (κ1) is 24.0. The van der Waals surface area contributed by atoms with Crippen LogP contribution in [0.25, 0.3) is 0 Å². The molecule has 0 aliphatic heterocycles. The summed E-state index contributed by atoms with van der Waals surface area (Å²) in [6.07, 6.45) is 0. The lowest BCUT2D eigenvalue weighted by molar-refractivity contribution is -0.136. The first-order valence-corrected chi connectivity index (χ1v) is 10.9. The fourth-order valence-corrected chi connectivity index (χ4v) is 3.66. The van der Waals surface area contributed by atoms with Gasteiger partial charge < -0.3 is 15.0 Å². The van der Waals surface area contributed by atoms with Crippen LogP contribution in [0, 0.1) is 20.8 Å². The van der Waals surface area contributed by atoms with E-state index in [1.807, 2.05) is 32.0 Å². The number of nitrogens with zero attached hydrogens (tertiary/aromatic N) is 1. The van der Waals surface area contributed by atoms with Gasteiger partial charge in [-0.05, 0) is 49.6 Å². The van der Waals surface area contributed by atoms with E-state index in [-0.39, 0.29) is 17.0 Å². The summed E-state index contributed by atoms with van der Waals surface area (Å²) in [5, 5.41) is 7.90. The predicted molar refractivity (Wildman–Crippen MR) is 115 cm³/mol. The van der Waals surface area contributed by atoms with Crippen LogP contribution in [0.15, 0.2) is 41.3 Å². The zero-order valence-corrected chi connectivity index (χ0v) is 18.6. The number of hydrogen-bond acceptors (Lipinski definition) is 6. The van der Waals surface area contributed by atoms with Gasteiger partial charge in [-0.15, -0.1) is 0 Å². The SMILES string of the molecule is Cc1ccc(C(=O)OCC(=O)N(C)CC(=O)Nc2c(C)cccc2C)cc1S(N)(=O)=O. The number of rotatable bonds is 7. The number of ether oxygens (including phenoxy) is 1. The number of esters is 1. The quantitative estimate of drug-likeness (QED) is 0.618. The molecule has 0 bridgehead atoms. The van der Waals surface area contributed by atoms with Gasteiger partial charge in [0.05, 0.1) is 17.0 Å². The minimum absolute atomic E-state index is 0.0575. The highest BCUT2D eigenvalue weighted by Crippen LogP contribution is 2.19. The molecule has 0 aliphatic carbocycles. The molecule has 0 atom stereocenters. The largest absolute Gasteiger partial charge is 0.452 e. The molecule has 2 aromatic rings. The zero-order chi connectivity index (χ0) is 23.3.